The summed E-state index contributed by atoms with van der Waals surface area (Å²) < 4.78 is 15.9. The molecule has 1 N–H and O–H groups in total. The predicted octanol–water partition coefficient (Wildman–Crippen LogP) is 5.23. The molecule has 1 amide bonds. The Bertz CT molecular complexity index is 1240. The van der Waals surface area contributed by atoms with Crippen LogP contribution in [0.2, 0.25) is 10.0 Å². The van der Waals surface area contributed by atoms with Gasteiger partial charge in [-0.15, -0.1) is 0 Å². The lowest BCUT2D eigenvalue weighted by Crippen LogP contribution is -2.29. The minimum Gasteiger partial charge on any atom is -0.507 e. The summed E-state index contributed by atoms with van der Waals surface area (Å²) in [7, 11) is 2.93. The van der Waals surface area contributed by atoms with Crippen LogP contribution in [0, 0.1) is 0 Å². The number of furan rings is 1. The van der Waals surface area contributed by atoms with Gasteiger partial charge in [0.1, 0.15) is 29.1 Å². The molecule has 2 heterocycles. The molecule has 1 aliphatic rings. The number of ether oxygens (including phenoxy) is 2. The van der Waals surface area contributed by atoms with Gasteiger partial charge in [-0.25, -0.2) is 0 Å². The molecular formula is C23H17Cl2NO6. The highest BCUT2D eigenvalue weighted by Crippen LogP contribution is 2.44. The number of nitrogens with zero attached hydrogens (tertiary/aromatic N) is 1. The van der Waals surface area contributed by atoms with E-state index in [9.17, 15) is 14.7 Å². The Morgan fingerprint density at radius 3 is 2.44 bits per heavy atom. The maximum Gasteiger partial charge on any atom is 0.300 e. The van der Waals surface area contributed by atoms with Gasteiger partial charge in [0.2, 0.25) is 0 Å². The highest BCUT2D eigenvalue weighted by Gasteiger charge is 2.48. The lowest BCUT2D eigenvalue weighted by atomic mass is 9.99. The van der Waals surface area contributed by atoms with Crippen LogP contribution in [0.3, 0.4) is 0 Å². The zero-order valence-corrected chi connectivity index (χ0v) is 18.5. The highest BCUT2D eigenvalue weighted by atomic mass is 35.5. The van der Waals surface area contributed by atoms with E-state index < -0.39 is 23.5 Å². The topological polar surface area (TPSA) is 89.2 Å². The molecule has 0 bridgehead atoms. The van der Waals surface area contributed by atoms with Crippen molar-refractivity contribution < 1.29 is 28.6 Å². The molecular weight excluding hydrogens is 457 g/mol. The Labute approximate surface area is 193 Å². The van der Waals surface area contributed by atoms with E-state index >= 15 is 0 Å². The fourth-order valence-electron chi connectivity index (χ4n) is 3.58. The summed E-state index contributed by atoms with van der Waals surface area (Å²) in [4.78, 5) is 27.4. The number of halogens is 2. The van der Waals surface area contributed by atoms with Gasteiger partial charge in [0, 0.05) is 11.3 Å². The number of hydrogen-bond acceptors (Lipinski definition) is 6. The fraction of sp³-hybridized carbons (Fsp3) is 0.130. The van der Waals surface area contributed by atoms with Crippen molar-refractivity contribution in [2.24, 2.45) is 0 Å². The standard InChI is InChI=1S/C23H17Cl2NO6/c1-30-13-6-7-15(24)14(11-13)21(27)19-20(18-4-3-9-32-18)26(23(29)22(19)28)12-5-8-17(31-2)16(25)10-12/h3-11,20,27H,1-2H3/b21-19-. The third-order valence-corrected chi connectivity index (χ3v) is 5.72. The third kappa shape index (κ3) is 3.59. The molecule has 7 nitrogen and oxygen atoms in total. The number of carbonyl (C=O) groups excluding carboxylic acids is 2. The van der Waals surface area contributed by atoms with Crippen LogP contribution >= 0.6 is 23.2 Å². The van der Waals surface area contributed by atoms with E-state index in [4.69, 9.17) is 37.1 Å². The molecule has 0 spiro atoms. The number of carbonyl (C=O) groups is 2. The number of anilines is 1. The minimum absolute atomic E-state index is 0.147. The lowest BCUT2D eigenvalue weighted by Gasteiger charge is -2.24. The number of benzene rings is 2. The number of rotatable bonds is 5. The van der Waals surface area contributed by atoms with Crippen molar-refractivity contribution in [3.05, 3.63) is 81.7 Å². The second-order valence-corrected chi connectivity index (χ2v) is 7.66. The van der Waals surface area contributed by atoms with Crippen LogP contribution in [-0.4, -0.2) is 31.0 Å². The van der Waals surface area contributed by atoms with Crippen molar-refractivity contribution in [2.45, 2.75) is 6.04 Å². The van der Waals surface area contributed by atoms with Crippen LogP contribution in [0.25, 0.3) is 5.76 Å². The van der Waals surface area contributed by atoms with Gasteiger partial charge in [0.25, 0.3) is 11.7 Å². The Morgan fingerprint density at radius 1 is 1.03 bits per heavy atom. The van der Waals surface area contributed by atoms with Gasteiger partial charge >= 0.3 is 0 Å². The first-order valence-electron chi connectivity index (χ1n) is 9.39. The van der Waals surface area contributed by atoms with Gasteiger partial charge in [0.05, 0.1) is 36.1 Å². The van der Waals surface area contributed by atoms with Crippen molar-refractivity contribution in [3.63, 3.8) is 0 Å². The predicted molar refractivity (Wildman–Crippen MR) is 119 cm³/mol. The summed E-state index contributed by atoms with van der Waals surface area (Å²) in [5.74, 6) is -1.10. The zero-order valence-electron chi connectivity index (χ0n) is 17.0. The van der Waals surface area contributed by atoms with Crippen LogP contribution in [-0.2, 0) is 9.59 Å². The van der Waals surface area contributed by atoms with Crippen LogP contribution in [0.1, 0.15) is 17.4 Å². The Morgan fingerprint density at radius 2 is 1.81 bits per heavy atom. The molecule has 0 aliphatic carbocycles. The first kappa shape index (κ1) is 21.8. The van der Waals surface area contributed by atoms with E-state index in [1.54, 1.807) is 30.3 Å². The summed E-state index contributed by atoms with van der Waals surface area (Å²) in [6.07, 6.45) is 1.41. The number of hydrogen-bond donors (Lipinski definition) is 1. The summed E-state index contributed by atoms with van der Waals surface area (Å²) in [6.45, 7) is 0. The van der Waals surface area contributed by atoms with Crippen molar-refractivity contribution in [2.75, 3.05) is 19.1 Å². The number of ketones is 1. The molecule has 3 aromatic rings. The van der Waals surface area contributed by atoms with Crippen molar-refractivity contribution in [1.29, 1.82) is 0 Å². The first-order valence-corrected chi connectivity index (χ1v) is 10.1. The van der Waals surface area contributed by atoms with Gasteiger partial charge in [0.15, 0.2) is 0 Å². The van der Waals surface area contributed by atoms with E-state index in [1.807, 2.05) is 0 Å². The molecule has 0 radical (unpaired) electrons. The van der Waals surface area contributed by atoms with Gasteiger partial charge in [-0.2, -0.15) is 0 Å². The lowest BCUT2D eigenvalue weighted by molar-refractivity contribution is -0.132. The molecule has 1 unspecified atom stereocenters. The van der Waals surface area contributed by atoms with Crippen LogP contribution in [0.5, 0.6) is 11.5 Å². The molecule has 1 aliphatic heterocycles. The maximum atomic E-state index is 13.1. The van der Waals surface area contributed by atoms with Gasteiger partial charge in [-0.3, -0.25) is 14.5 Å². The van der Waals surface area contributed by atoms with Crippen molar-refractivity contribution in [1.82, 2.24) is 0 Å². The smallest absolute Gasteiger partial charge is 0.300 e. The third-order valence-electron chi connectivity index (χ3n) is 5.10. The van der Waals surface area contributed by atoms with Crippen LogP contribution in [0.4, 0.5) is 5.69 Å². The molecule has 0 saturated carbocycles. The largest absolute Gasteiger partial charge is 0.507 e. The maximum absolute atomic E-state index is 13.1. The molecule has 2 aromatic carbocycles. The molecule has 1 aromatic heterocycles. The number of methoxy groups -OCH3 is 2. The summed E-state index contributed by atoms with van der Waals surface area (Å²) in [5.41, 5.74) is 0.301. The Balaban J connectivity index is 1.94. The second kappa shape index (κ2) is 8.61. The van der Waals surface area contributed by atoms with Crippen LogP contribution in [0.15, 0.2) is 64.8 Å². The first-order chi connectivity index (χ1) is 15.4. The molecule has 164 valence electrons. The van der Waals surface area contributed by atoms with Crippen molar-refractivity contribution >= 4 is 46.3 Å². The Kier molecular flexibility index (Phi) is 5.86. The second-order valence-electron chi connectivity index (χ2n) is 6.85. The SMILES string of the molecule is COc1ccc(Cl)c(/C(O)=C2/C(=O)C(=O)N(c3ccc(OC)c(Cl)c3)C2c2ccco2)c1. The summed E-state index contributed by atoms with van der Waals surface area (Å²) in [6, 6.07) is 11.5. The van der Waals surface area contributed by atoms with Crippen molar-refractivity contribution in [3.8, 4) is 11.5 Å². The molecule has 1 atom stereocenters. The molecule has 32 heavy (non-hydrogen) atoms. The molecule has 1 saturated heterocycles. The highest BCUT2D eigenvalue weighted by molar-refractivity contribution is 6.52. The quantitative estimate of drug-likeness (QED) is 0.310. The van der Waals surface area contributed by atoms with Gasteiger partial charge in [-0.1, -0.05) is 23.2 Å². The summed E-state index contributed by atoms with van der Waals surface area (Å²) >= 11 is 12.5. The minimum atomic E-state index is -1.04. The van der Waals surface area contributed by atoms with Gasteiger partial charge < -0.3 is 19.0 Å². The molecule has 9 heteroatoms. The average Bonchev–Trinajstić information content (AvgIpc) is 3.40. The number of aliphatic hydroxyl groups is 1. The normalized spacial score (nSPS) is 17.6. The van der Waals surface area contributed by atoms with E-state index in [0.29, 0.717) is 17.2 Å². The number of Topliss-reactive ketones (excluding diaryl/α,β-unsaturated/α-hetero) is 1. The van der Waals surface area contributed by atoms with Gasteiger partial charge in [-0.05, 0) is 48.5 Å². The summed E-state index contributed by atoms with van der Waals surface area (Å²) in [5, 5.41) is 11.6. The van der Waals surface area contributed by atoms with Crippen LogP contribution < -0.4 is 14.4 Å². The number of amides is 1. The Hall–Kier alpha value is -3.42. The fourth-order valence-corrected chi connectivity index (χ4v) is 4.04. The monoisotopic (exact) mass is 473 g/mol. The molecule has 4 rings (SSSR count). The van der Waals surface area contributed by atoms with E-state index in [-0.39, 0.29) is 26.9 Å². The average molecular weight is 474 g/mol. The van der Waals surface area contributed by atoms with E-state index in [0.717, 1.165) is 0 Å². The van der Waals surface area contributed by atoms with E-state index in [2.05, 4.69) is 0 Å². The zero-order chi connectivity index (χ0) is 23.0. The number of aliphatic hydroxyl groups excluding tert-OH is 1. The van der Waals surface area contributed by atoms with E-state index in [1.165, 1.54) is 43.6 Å². The molecule has 1 fully saturated rings.